The zero-order chi connectivity index (χ0) is 14.9. The Morgan fingerprint density at radius 2 is 1.95 bits per heavy atom. The standard InChI is InChI=1S/C15H18N2O2S/c1-9(2)11-7-5-6-8-12(11)16-14(18)13-10(3)17(4)15(19)20-13/h5-9H,1-4H3,(H,16,18). The lowest BCUT2D eigenvalue weighted by molar-refractivity contribution is 0.102. The maximum absolute atomic E-state index is 12.3. The molecule has 0 atom stereocenters. The van der Waals surface area contributed by atoms with Crippen LogP contribution in [0.15, 0.2) is 29.1 Å². The number of nitrogens with one attached hydrogen (secondary N) is 1. The van der Waals surface area contributed by atoms with Gasteiger partial charge in [0.25, 0.3) is 5.91 Å². The minimum Gasteiger partial charge on any atom is -0.321 e. The fourth-order valence-corrected chi connectivity index (χ4v) is 2.90. The van der Waals surface area contributed by atoms with Gasteiger partial charge in [0.15, 0.2) is 0 Å². The number of benzene rings is 1. The van der Waals surface area contributed by atoms with E-state index in [0.29, 0.717) is 16.5 Å². The van der Waals surface area contributed by atoms with Crippen molar-refractivity contribution < 1.29 is 4.79 Å². The fraction of sp³-hybridized carbons (Fsp3) is 0.333. The number of nitrogens with zero attached hydrogens (tertiary/aromatic N) is 1. The van der Waals surface area contributed by atoms with Crippen LogP contribution in [0.2, 0.25) is 0 Å². The Hall–Kier alpha value is -1.88. The molecule has 5 heteroatoms. The van der Waals surface area contributed by atoms with Crippen LogP contribution in [0, 0.1) is 6.92 Å². The van der Waals surface area contributed by atoms with Gasteiger partial charge in [-0.15, -0.1) is 0 Å². The summed E-state index contributed by atoms with van der Waals surface area (Å²) in [5, 5.41) is 2.91. The molecule has 1 heterocycles. The van der Waals surface area contributed by atoms with Crippen molar-refractivity contribution >= 4 is 22.9 Å². The molecule has 20 heavy (non-hydrogen) atoms. The number of hydrogen-bond acceptors (Lipinski definition) is 3. The quantitative estimate of drug-likeness (QED) is 0.944. The Labute approximate surface area is 122 Å². The first-order chi connectivity index (χ1) is 9.41. The van der Waals surface area contributed by atoms with Gasteiger partial charge < -0.3 is 9.88 Å². The Morgan fingerprint density at radius 1 is 1.30 bits per heavy atom. The molecule has 0 bridgehead atoms. The van der Waals surface area contributed by atoms with E-state index < -0.39 is 0 Å². The van der Waals surface area contributed by atoms with Crippen LogP contribution in [0.5, 0.6) is 0 Å². The lowest BCUT2D eigenvalue weighted by Crippen LogP contribution is -2.14. The maximum Gasteiger partial charge on any atom is 0.307 e. The van der Waals surface area contributed by atoms with Crippen LogP contribution in [0.3, 0.4) is 0 Å². The van der Waals surface area contributed by atoms with Crippen LogP contribution in [0.1, 0.15) is 40.7 Å². The van der Waals surface area contributed by atoms with Gasteiger partial charge in [-0.05, 0) is 24.5 Å². The average molecular weight is 290 g/mol. The van der Waals surface area contributed by atoms with Crippen molar-refractivity contribution in [3.63, 3.8) is 0 Å². The van der Waals surface area contributed by atoms with Crippen LogP contribution in [0.4, 0.5) is 5.69 Å². The smallest absolute Gasteiger partial charge is 0.307 e. The number of thiazole rings is 1. The second-order valence-electron chi connectivity index (χ2n) is 5.04. The van der Waals surface area contributed by atoms with Crippen molar-refractivity contribution in [1.82, 2.24) is 4.57 Å². The van der Waals surface area contributed by atoms with Crippen molar-refractivity contribution in [2.75, 3.05) is 5.32 Å². The second kappa shape index (κ2) is 5.63. The number of aromatic nitrogens is 1. The minimum atomic E-state index is -0.224. The lowest BCUT2D eigenvalue weighted by Gasteiger charge is -2.13. The highest BCUT2D eigenvalue weighted by Crippen LogP contribution is 2.24. The van der Waals surface area contributed by atoms with Gasteiger partial charge in [0, 0.05) is 18.4 Å². The van der Waals surface area contributed by atoms with Gasteiger partial charge in [-0.1, -0.05) is 43.4 Å². The molecular weight excluding hydrogens is 272 g/mol. The molecule has 0 aliphatic heterocycles. The Balaban J connectivity index is 2.33. The molecule has 0 saturated carbocycles. The highest BCUT2D eigenvalue weighted by molar-refractivity contribution is 7.11. The molecule has 0 unspecified atom stereocenters. The molecule has 4 nitrogen and oxygen atoms in total. The molecule has 1 aromatic heterocycles. The van der Waals surface area contributed by atoms with Gasteiger partial charge in [0.1, 0.15) is 4.88 Å². The van der Waals surface area contributed by atoms with E-state index in [4.69, 9.17) is 0 Å². The first kappa shape index (κ1) is 14.5. The number of hydrogen-bond donors (Lipinski definition) is 1. The molecule has 0 aliphatic rings. The summed E-state index contributed by atoms with van der Waals surface area (Å²) in [4.78, 5) is 24.3. The maximum atomic E-state index is 12.3. The van der Waals surface area contributed by atoms with Crippen LogP contribution in [-0.2, 0) is 7.05 Å². The topological polar surface area (TPSA) is 51.1 Å². The van der Waals surface area contributed by atoms with E-state index in [2.05, 4.69) is 19.2 Å². The van der Waals surface area contributed by atoms with E-state index in [1.54, 1.807) is 14.0 Å². The molecule has 0 aliphatic carbocycles. The Bertz CT molecular complexity index is 698. The Kier molecular flexibility index (Phi) is 4.09. The predicted molar refractivity (Wildman–Crippen MR) is 82.8 cm³/mol. The third-order valence-corrected chi connectivity index (χ3v) is 4.47. The summed E-state index contributed by atoms with van der Waals surface area (Å²) in [6.07, 6.45) is 0. The van der Waals surface area contributed by atoms with E-state index >= 15 is 0 Å². The number of carbonyl (C=O) groups is 1. The molecule has 0 radical (unpaired) electrons. The van der Waals surface area contributed by atoms with E-state index in [1.165, 1.54) is 4.57 Å². The molecule has 1 N–H and O–H groups in total. The molecule has 1 aromatic carbocycles. The lowest BCUT2D eigenvalue weighted by atomic mass is 10.0. The summed E-state index contributed by atoms with van der Waals surface area (Å²) in [6.45, 7) is 5.94. The second-order valence-corrected chi connectivity index (χ2v) is 6.00. The Morgan fingerprint density at radius 3 is 2.50 bits per heavy atom. The normalized spacial score (nSPS) is 10.8. The average Bonchev–Trinajstić information content (AvgIpc) is 2.67. The molecular formula is C15H18N2O2S. The zero-order valence-electron chi connectivity index (χ0n) is 12.1. The van der Waals surface area contributed by atoms with Crippen molar-refractivity contribution in [2.45, 2.75) is 26.7 Å². The monoisotopic (exact) mass is 290 g/mol. The summed E-state index contributed by atoms with van der Waals surface area (Å²) in [6, 6.07) is 7.73. The highest BCUT2D eigenvalue weighted by Gasteiger charge is 2.17. The van der Waals surface area contributed by atoms with E-state index in [9.17, 15) is 9.59 Å². The van der Waals surface area contributed by atoms with E-state index in [0.717, 1.165) is 22.6 Å². The first-order valence-corrected chi connectivity index (χ1v) is 7.30. The third kappa shape index (κ3) is 2.67. The molecule has 0 fully saturated rings. The van der Waals surface area contributed by atoms with Gasteiger partial charge >= 0.3 is 4.87 Å². The molecule has 2 rings (SSSR count). The highest BCUT2D eigenvalue weighted by atomic mass is 32.1. The van der Waals surface area contributed by atoms with Crippen LogP contribution in [-0.4, -0.2) is 10.5 Å². The summed E-state index contributed by atoms with van der Waals surface area (Å²) >= 11 is 0.978. The molecule has 1 amide bonds. The number of para-hydroxylation sites is 1. The van der Waals surface area contributed by atoms with Crippen molar-refractivity contribution in [2.24, 2.45) is 7.05 Å². The van der Waals surface area contributed by atoms with Gasteiger partial charge in [0.05, 0.1) is 0 Å². The van der Waals surface area contributed by atoms with Crippen LogP contribution < -0.4 is 10.2 Å². The molecule has 106 valence electrons. The third-order valence-electron chi connectivity index (χ3n) is 3.33. The summed E-state index contributed by atoms with van der Waals surface area (Å²) in [5.41, 5.74) is 2.58. The SMILES string of the molecule is Cc1c(C(=O)Nc2ccccc2C(C)C)sc(=O)n1C. The molecule has 0 saturated heterocycles. The largest absolute Gasteiger partial charge is 0.321 e. The van der Waals surface area contributed by atoms with Gasteiger partial charge in [-0.25, -0.2) is 0 Å². The summed E-state index contributed by atoms with van der Waals surface area (Å²) < 4.78 is 1.49. The van der Waals surface area contributed by atoms with E-state index in [1.807, 2.05) is 24.3 Å². The van der Waals surface area contributed by atoms with Crippen molar-refractivity contribution in [1.29, 1.82) is 0 Å². The molecule has 0 spiro atoms. The van der Waals surface area contributed by atoms with Gasteiger partial charge in [0.2, 0.25) is 0 Å². The number of anilines is 1. The predicted octanol–water partition coefficient (Wildman–Crippen LogP) is 3.13. The van der Waals surface area contributed by atoms with E-state index in [-0.39, 0.29) is 10.8 Å². The van der Waals surface area contributed by atoms with Gasteiger partial charge in [-0.3, -0.25) is 9.59 Å². The van der Waals surface area contributed by atoms with Crippen molar-refractivity contribution in [3.05, 3.63) is 50.1 Å². The van der Waals surface area contributed by atoms with Crippen molar-refractivity contribution in [3.8, 4) is 0 Å². The number of rotatable bonds is 3. The fourth-order valence-electron chi connectivity index (χ4n) is 2.02. The van der Waals surface area contributed by atoms with Gasteiger partial charge in [-0.2, -0.15) is 0 Å². The molecule has 2 aromatic rings. The number of amides is 1. The zero-order valence-corrected chi connectivity index (χ0v) is 12.9. The van der Waals surface area contributed by atoms with Crippen LogP contribution in [0.25, 0.3) is 0 Å². The number of carbonyl (C=O) groups excluding carboxylic acids is 1. The summed E-state index contributed by atoms with van der Waals surface area (Å²) in [7, 11) is 1.67. The summed E-state index contributed by atoms with van der Waals surface area (Å²) in [5.74, 6) is 0.0976. The minimum absolute atomic E-state index is 0.121. The first-order valence-electron chi connectivity index (χ1n) is 6.48. The van der Waals surface area contributed by atoms with Crippen LogP contribution >= 0.6 is 11.3 Å².